The maximum atomic E-state index is 13.5. The van der Waals surface area contributed by atoms with Gasteiger partial charge in [0.25, 0.3) is 11.5 Å². The second-order valence-electron chi connectivity index (χ2n) is 7.29. The van der Waals surface area contributed by atoms with Crippen molar-refractivity contribution in [1.29, 1.82) is 0 Å². The number of nitrogens with zero attached hydrogens (tertiary/aromatic N) is 4. The number of carbonyl (C=O) groups excluding carboxylic acids is 1. The maximum absolute atomic E-state index is 13.5. The van der Waals surface area contributed by atoms with Crippen molar-refractivity contribution in [2.45, 2.75) is 26.4 Å². The summed E-state index contributed by atoms with van der Waals surface area (Å²) < 4.78 is 16.3. The molecule has 0 fully saturated rings. The third-order valence-corrected chi connectivity index (χ3v) is 5.71. The Kier molecular flexibility index (Phi) is 4.93. The van der Waals surface area contributed by atoms with Gasteiger partial charge in [-0.2, -0.15) is 0 Å². The van der Waals surface area contributed by atoms with Gasteiger partial charge in [-0.1, -0.05) is 17.7 Å². The summed E-state index contributed by atoms with van der Waals surface area (Å²) >= 11 is 5.85. The number of hydrogen-bond acceptors (Lipinski definition) is 5. The van der Waals surface area contributed by atoms with Crippen LogP contribution >= 0.6 is 11.6 Å². The van der Waals surface area contributed by atoms with Crippen LogP contribution in [0.4, 0.5) is 10.2 Å². The highest BCUT2D eigenvalue weighted by Gasteiger charge is 2.36. The maximum Gasteiger partial charge on any atom is 0.280 e. The van der Waals surface area contributed by atoms with E-state index in [0.717, 1.165) is 4.68 Å². The lowest BCUT2D eigenvalue weighted by Crippen LogP contribution is -2.41. The largest absolute Gasteiger partial charge is 0.505 e. The zero-order valence-corrected chi connectivity index (χ0v) is 17.5. The summed E-state index contributed by atoms with van der Waals surface area (Å²) in [4.78, 5) is 27.7. The second-order valence-corrected chi connectivity index (χ2v) is 7.70. The number of amides is 1. The van der Waals surface area contributed by atoms with E-state index in [1.54, 1.807) is 16.5 Å². The summed E-state index contributed by atoms with van der Waals surface area (Å²) in [6, 6.07) is 3.99. The van der Waals surface area contributed by atoms with Crippen LogP contribution in [0.2, 0.25) is 5.02 Å². The summed E-state index contributed by atoms with van der Waals surface area (Å²) in [5.74, 6) is -0.890. The van der Waals surface area contributed by atoms with Gasteiger partial charge in [0.05, 0.1) is 11.6 Å². The van der Waals surface area contributed by atoms with Crippen LogP contribution in [0.15, 0.2) is 23.0 Å². The molecular formula is C20H21ClFN5O3. The molecule has 1 amide bonds. The molecule has 10 heteroatoms. The standard InChI is InChI=1S/C20H21ClFN5O3/c1-4-25-8-10(2)27-15-14(17(28)16(27)20(25)30)19(29)26(24-18(15)23-3)9-11-5-6-13(22)12(21)7-11/h5-7,10,28H,4,8-9H2,1-3H3,(H,23,24)/t10-/m0/s1. The molecule has 158 valence electrons. The summed E-state index contributed by atoms with van der Waals surface area (Å²) in [7, 11) is 1.65. The number of fused-ring (bicyclic) bond motifs is 3. The first-order chi connectivity index (χ1) is 14.3. The minimum absolute atomic E-state index is 0.0218. The van der Waals surface area contributed by atoms with Gasteiger partial charge < -0.3 is 19.9 Å². The first-order valence-electron chi connectivity index (χ1n) is 9.57. The molecule has 0 aliphatic carbocycles. The number of aromatic hydroxyl groups is 1. The molecule has 3 heterocycles. The molecule has 1 aliphatic rings. The number of anilines is 1. The van der Waals surface area contributed by atoms with Gasteiger partial charge in [0, 0.05) is 26.2 Å². The average Bonchev–Trinajstić information content (AvgIpc) is 3.04. The Morgan fingerprint density at radius 3 is 2.73 bits per heavy atom. The molecule has 1 aromatic carbocycles. The third-order valence-electron chi connectivity index (χ3n) is 5.42. The van der Waals surface area contributed by atoms with Crippen LogP contribution in [0.5, 0.6) is 5.75 Å². The average molecular weight is 434 g/mol. The topological polar surface area (TPSA) is 92.4 Å². The van der Waals surface area contributed by atoms with Gasteiger partial charge in [-0.15, -0.1) is 5.10 Å². The lowest BCUT2D eigenvalue weighted by Gasteiger charge is -2.32. The van der Waals surface area contributed by atoms with Crippen molar-refractivity contribution >= 4 is 34.2 Å². The van der Waals surface area contributed by atoms with E-state index in [-0.39, 0.29) is 40.3 Å². The first-order valence-corrected chi connectivity index (χ1v) is 9.95. The fourth-order valence-corrected chi connectivity index (χ4v) is 4.20. The second kappa shape index (κ2) is 7.32. The molecule has 0 radical (unpaired) electrons. The highest BCUT2D eigenvalue weighted by Crippen LogP contribution is 2.39. The molecule has 2 aromatic heterocycles. The van der Waals surface area contributed by atoms with E-state index in [0.29, 0.717) is 30.0 Å². The van der Waals surface area contributed by atoms with Crippen LogP contribution in [0.1, 0.15) is 35.9 Å². The SMILES string of the molecule is CCN1C[C@H](C)n2c(c(O)c3c(=O)n(Cc4ccc(F)c(Cl)c4)nc(NC)c32)C1=O. The van der Waals surface area contributed by atoms with Crippen LogP contribution < -0.4 is 10.9 Å². The number of halogens is 2. The van der Waals surface area contributed by atoms with Crippen LogP contribution in [0.3, 0.4) is 0 Å². The lowest BCUT2D eigenvalue weighted by molar-refractivity contribution is 0.0686. The molecule has 0 bridgehead atoms. The number of benzene rings is 1. The van der Waals surface area contributed by atoms with Crippen molar-refractivity contribution in [3.8, 4) is 5.75 Å². The number of likely N-dealkylation sites (N-methyl/N-ethyl adjacent to an activating group) is 1. The van der Waals surface area contributed by atoms with Crippen molar-refractivity contribution < 1.29 is 14.3 Å². The van der Waals surface area contributed by atoms with Crippen LogP contribution in [-0.4, -0.2) is 50.4 Å². The molecule has 4 rings (SSSR count). The van der Waals surface area contributed by atoms with Gasteiger partial charge in [0.15, 0.2) is 17.3 Å². The van der Waals surface area contributed by atoms with Gasteiger partial charge in [-0.3, -0.25) is 9.59 Å². The quantitative estimate of drug-likeness (QED) is 0.660. The fraction of sp³-hybridized carbons (Fsp3) is 0.350. The van der Waals surface area contributed by atoms with Gasteiger partial charge in [0.2, 0.25) is 0 Å². The molecule has 8 nitrogen and oxygen atoms in total. The fourth-order valence-electron chi connectivity index (χ4n) is 3.99. The molecule has 3 aromatic rings. The molecule has 1 aliphatic heterocycles. The smallest absolute Gasteiger partial charge is 0.280 e. The Bertz CT molecular complexity index is 1240. The number of rotatable bonds is 4. The Morgan fingerprint density at radius 1 is 1.37 bits per heavy atom. The molecule has 0 spiro atoms. The molecule has 0 saturated heterocycles. The zero-order valence-electron chi connectivity index (χ0n) is 16.7. The van der Waals surface area contributed by atoms with E-state index in [1.807, 2.05) is 13.8 Å². The first kappa shape index (κ1) is 20.2. The van der Waals surface area contributed by atoms with Gasteiger partial charge in [0.1, 0.15) is 16.7 Å². The van der Waals surface area contributed by atoms with E-state index in [2.05, 4.69) is 10.4 Å². The Labute approximate surface area is 176 Å². The van der Waals surface area contributed by atoms with E-state index < -0.39 is 11.4 Å². The molecule has 0 saturated carbocycles. The molecule has 1 atom stereocenters. The van der Waals surface area contributed by atoms with Crippen molar-refractivity contribution in [2.24, 2.45) is 0 Å². The van der Waals surface area contributed by atoms with Crippen LogP contribution in [-0.2, 0) is 6.54 Å². The number of carbonyl (C=O) groups is 1. The normalized spacial score (nSPS) is 16.2. The molecule has 0 unspecified atom stereocenters. The van der Waals surface area contributed by atoms with Gasteiger partial charge in [-0.05, 0) is 31.5 Å². The molecule has 30 heavy (non-hydrogen) atoms. The summed E-state index contributed by atoms with van der Waals surface area (Å²) in [6.07, 6.45) is 0. The zero-order chi connectivity index (χ0) is 21.7. The number of nitrogens with one attached hydrogen (secondary N) is 1. The predicted molar refractivity (Wildman–Crippen MR) is 112 cm³/mol. The van der Waals surface area contributed by atoms with E-state index in [9.17, 15) is 19.1 Å². The highest BCUT2D eigenvalue weighted by atomic mass is 35.5. The van der Waals surface area contributed by atoms with Crippen LogP contribution in [0, 0.1) is 5.82 Å². The van der Waals surface area contributed by atoms with E-state index in [1.165, 1.54) is 18.2 Å². The molecule has 2 N–H and O–H groups in total. The summed E-state index contributed by atoms with van der Waals surface area (Å²) in [5.41, 5.74) is 0.498. The van der Waals surface area contributed by atoms with Crippen LogP contribution in [0.25, 0.3) is 10.9 Å². The predicted octanol–water partition coefficient (Wildman–Crippen LogP) is 2.82. The lowest BCUT2D eigenvalue weighted by atomic mass is 10.2. The van der Waals surface area contributed by atoms with Crippen molar-refractivity contribution in [3.05, 3.63) is 50.7 Å². The van der Waals surface area contributed by atoms with Crippen molar-refractivity contribution in [3.63, 3.8) is 0 Å². The molecular weight excluding hydrogens is 413 g/mol. The monoisotopic (exact) mass is 433 g/mol. The minimum Gasteiger partial charge on any atom is -0.505 e. The third kappa shape index (κ3) is 2.92. The number of aromatic nitrogens is 3. The Balaban J connectivity index is 1.96. The highest BCUT2D eigenvalue weighted by molar-refractivity contribution is 6.30. The summed E-state index contributed by atoms with van der Waals surface area (Å²) in [5, 5.41) is 18.2. The van der Waals surface area contributed by atoms with Gasteiger partial charge in [-0.25, -0.2) is 9.07 Å². The Hall–Kier alpha value is -3.07. The minimum atomic E-state index is -0.558. The Morgan fingerprint density at radius 2 is 2.10 bits per heavy atom. The van der Waals surface area contributed by atoms with Crippen molar-refractivity contribution in [2.75, 3.05) is 25.5 Å². The van der Waals surface area contributed by atoms with Gasteiger partial charge >= 0.3 is 0 Å². The number of hydrogen-bond donors (Lipinski definition) is 2. The van der Waals surface area contributed by atoms with Crippen molar-refractivity contribution in [1.82, 2.24) is 19.2 Å². The summed E-state index contributed by atoms with van der Waals surface area (Å²) in [6.45, 7) is 4.76. The van der Waals surface area contributed by atoms with E-state index >= 15 is 0 Å². The van der Waals surface area contributed by atoms with E-state index in [4.69, 9.17) is 11.6 Å².